The summed E-state index contributed by atoms with van der Waals surface area (Å²) in [6, 6.07) is 13.1. The number of hydrogen-bond donors (Lipinski definition) is 1. The molecule has 2 amide bonds. The number of fused-ring (bicyclic) bond motifs is 1. The quantitative estimate of drug-likeness (QED) is 0.398. The van der Waals surface area contributed by atoms with E-state index in [1.54, 1.807) is 42.5 Å². The zero-order chi connectivity index (χ0) is 20.8. The molecule has 0 fully saturated rings. The highest BCUT2D eigenvalue weighted by molar-refractivity contribution is 6.52. The van der Waals surface area contributed by atoms with Crippen LogP contribution >= 0.6 is 11.6 Å². The number of para-hydroxylation sites is 1. The number of anilines is 1. The van der Waals surface area contributed by atoms with Crippen molar-refractivity contribution in [2.24, 2.45) is 0 Å². The number of nitrogens with zero attached hydrogens (tertiary/aromatic N) is 1. The van der Waals surface area contributed by atoms with Gasteiger partial charge in [0.05, 0.1) is 17.8 Å². The monoisotopic (exact) mass is 416 g/mol. The van der Waals surface area contributed by atoms with Crippen LogP contribution in [0.1, 0.15) is 10.4 Å². The van der Waals surface area contributed by atoms with E-state index in [9.17, 15) is 19.2 Å². The highest BCUT2D eigenvalue weighted by Crippen LogP contribution is 2.28. The number of benzene rings is 2. The number of ether oxygens (including phenoxy) is 2. The van der Waals surface area contributed by atoms with Gasteiger partial charge in [0.1, 0.15) is 18.9 Å². The van der Waals surface area contributed by atoms with E-state index < -0.39 is 36.7 Å². The van der Waals surface area contributed by atoms with Crippen molar-refractivity contribution in [3.05, 3.63) is 59.1 Å². The van der Waals surface area contributed by atoms with Crippen molar-refractivity contribution in [1.29, 1.82) is 0 Å². The smallest absolute Gasteiger partial charge is 0.326 e. The standard InChI is InChI=1S/C20H17ClN2O6/c21-13-5-7-14(8-6-13)28-10-9-22-17(24)12-29-18(25)11-23-16-4-2-1-3-15(16)19(26)20(23)27/h1-8H,9-12H2,(H,22,24). The first kappa shape index (κ1) is 20.3. The van der Waals surface area contributed by atoms with Crippen LogP contribution in [0.4, 0.5) is 5.69 Å². The molecular formula is C20H17ClN2O6. The van der Waals surface area contributed by atoms with Crippen LogP contribution in [-0.4, -0.2) is 49.9 Å². The Kier molecular flexibility index (Phi) is 6.46. The van der Waals surface area contributed by atoms with E-state index in [1.165, 1.54) is 6.07 Å². The normalized spacial score (nSPS) is 12.5. The summed E-state index contributed by atoms with van der Waals surface area (Å²) < 4.78 is 10.3. The molecule has 0 aliphatic carbocycles. The molecule has 8 nitrogen and oxygen atoms in total. The average Bonchev–Trinajstić information content (AvgIpc) is 2.96. The van der Waals surface area contributed by atoms with Crippen LogP contribution in [0, 0.1) is 0 Å². The Morgan fingerprint density at radius 1 is 1.03 bits per heavy atom. The summed E-state index contributed by atoms with van der Waals surface area (Å²) in [5.74, 6) is -2.17. The number of esters is 1. The van der Waals surface area contributed by atoms with Crippen molar-refractivity contribution in [2.45, 2.75) is 0 Å². The minimum atomic E-state index is -0.799. The molecule has 0 spiro atoms. The lowest BCUT2D eigenvalue weighted by molar-refractivity contribution is -0.147. The van der Waals surface area contributed by atoms with Crippen LogP contribution in [0.3, 0.4) is 0 Å². The van der Waals surface area contributed by atoms with Crippen molar-refractivity contribution in [2.75, 3.05) is 31.2 Å². The van der Waals surface area contributed by atoms with Crippen molar-refractivity contribution in [3.63, 3.8) is 0 Å². The Morgan fingerprint density at radius 2 is 1.76 bits per heavy atom. The van der Waals surface area contributed by atoms with Crippen LogP contribution in [0.15, 0.2) is 48.5 Å². The SMILES string of the molecule is O=C(COC(=O)CN1C(=O)C(=O)c2ccccc21)NCCOc1ccc(Cl)cc1. The van der Waals surface area contributed by atoms with Crippen LogP contribution in [0.25, 0.3) is 0 Å². The van der Waals surface area contributed by atoms with Gasteiger partial charge in [0.2, 0.25) is 0 Å². The highest BCUT2D eigenvalue weighted by Gasteiger charge is 2.36. The summed E-state index contributed by atoms with van der Waals surface area (Å²) in [6.45, 7) is -0.514. The molecule has 2 aromatic rings. The van der Waals surface area contributed by atoms with Gasteiger partial charge < -0.3 is 14.8 Å². The van der Waals surface area contributed by atoms with Gasteiger partial charge in [0.15, 0.2) is 6.61 Å². The molecule has 0 saturated carbocycles. The molecule has 9 heteroatoms. The number of carbonyl (C=O) groups excluding carboxylic acids is 4. The second-order valence-electron chi connectivity index (χ2n) is 6.05. The summed E-state index contributed by atoms with van der Waals surface area (Å²) >= 11 is 5.78. The summed E-state index contributed by atoms with van der Waals surface area (Å²) in [5.41, 5.74) is 0.590. The van der Waals surface area contributed by atoms with Crippen LogP contribution in [0.2, 0.25) is 5.02 Å². The molecule has 1 aliphatic heterocycles. The van der Waals surface area contributed by atoms with Crippen molar-refractivity contribution in [1.82, 2.24) is 5.32 Å². The maximum absolute atomic E-state index is 12.0. The number of nitrogens with one attached hydrogen (secondary N) is 1. The summed E-state index contributed by atoms with van der Waals surface area (Å²) in [5, 5.41) is 3.14. The molecule has 3 rings (SSSR count). The topological polar surface area (TPSA) is 102 Å². The molecule has 0 bridgehead atoms. The zero-order valence-corrected chi connectivity index (χ0v) is 16.0. The van der Waals surface area contributed by atoms with E-state index in [1.807, 2.05) is 0 Å². The minimum Gasteiger partial charge on any atom is -0.492 e. The van der Waals surface area contributed by atoms with Gasteiger partial charge >= 0.3 is 5.97 Å². The Morgan fingerprint density at radius 3 is 2.52 bits per heavy atom. The predicted molar refractivity (Wildman–Crippen MR) is 104 cm³/mol. The Labute approximate surface area is 171 Å². The molecule has 0 atom stereocenters. The number of amides is 2. The van der Waals surface area contributed by atoms with Gasteiger partial charge in [-0.3, -0.25) is 24.1 Å². The predicted octanol–water partition coefficient (Wildman–Crippen LogP) is 1.61. The summed E-state index contributed by atoms with van der Waals surface area (Å²) in [6.07, 6.45) is 0. The third kappa shape index (κ3) is 5.11. The molecule has 0 aromatic heterocycles. The van der Waals surface area contributed by atoms with E-state index >= 15 is 0 Å². The lowest BCUT2D eigenvalue weighted by Gasteiger charge is -2.15. The molecule has 29 heavy (non-hydrogen) atoms. The van der Waals surface area contributed by atoms with E-state index in [2.05, 4.69) is 5.32 Å². The summed E-state index contributed by atoms with van der Waals surface area (Å²) in [4.78, 5) is 48.7. The molecule has 0 saturated heterocycles. The van der Waals surface area contributed by atoms with Gasteiger partial charge in [0, 0.05) is 5.02 Å². The fourth-order valence-corrected chi connectivity index (χ4v) is 2.79. The average molecular weight is 417 g/mol. The number of rotatable bonds is 8. The van der Waals surface area contributed by atoms with Crippen LogP contribution in [-0.2, 0) is 19.1 Å². The lowest BCUT2D eigenvalue weighted by atomic mass is 10.1. The summed E-state index contributed by atoms with van der Waals surface area (Å²) in [7, 11) is 0. The first-order valence-electron chi connectivity index (χ1n) is 8.71. The molecular weight excluding hydrogens is 400 g/mol. The molecule has 1 heterocycles. The van der Waals surface area contributed by atoms with Gasteiger partial charge in [-0.1, -0.05) is 23.7 Å². The van der Waals surface area contributed by atoms with E-state index in [-0.39, 0.29) is 18.7 Å². The highest BCUT2D eigenvalue weighted by atomic mass is 35.5. The minimum absolute atomic E-state index is 0.214. The molecule has 0 unspecified atom stereocenters. The largest absolute Gasteiger partial charge is 0.492 e. The first-order chi connectivity index (χ1) is 14.0. The third-order valence-electron chi connectivity index (χ3n) is 4.04. The van der Waals surface area contributed by atoms with Gasteiger partial charge in [-0.15, -0.1) is 0 Å². The molecule has 2 aromatic carbocycles. The Hall–Kier alpha value is -3.39. The first-order valence-corrected chi connectivity index (χ1v) is 9.09. The second kappa shape index (κ2) is 9.20. The maximum Gasteiger partial charge on any atom is 0.326 e. The number of halogens is 1. The third-order valence-corrected chi connectivity index (χ3v) is 4.29. The molecule has 0 radical (unpaired) electrons. The van der Waals surface area contributed by atoms with Gasteiger partial charge in [-0.05, 0) is 36.4 Å². The fraction of sp³-hybridized carbons (Fsp3) is 0.200. The van der Waals surface area contributed by atoms with E-state index in [0.717, 1.165) is 4.90 Å². The maximum atomic E-state index is 12.0. The van der Waals surface area contributed by atoms with Gasteiger partial charge in [0.25, 0.3) is 17.6 Å². The molecule has 150 valence electrons. The number of carbonyl (C=O) groups is 4. The second-order valence-corrected chi connectivity index (χ2v) is 6.49. The van der Waals surface area contributed by atoms with E-state index in [0.29, 0.717) is 16.5 Å². The molecule has 1 aliphatic rings. The van der Waals surface area contributed by atoms with Crippen LogP contribution < -0.4 is 15.0 Å². The Bertz CT molecular complexity index is 944. The van der Waals surface area contributed by atoms with Crippen molar-refractivity contribution >= 4 is 40.9 Å². The molecule has 1 N–H and O–H groups in total. The number of hydrogen-bond acceptors (Lipinski definition) is 6. The van der Waals surface area contributed by atoms with Crippen LogP contribution in [0.5, 0.6) is 5.75 Å². The lowest BCUT2D eigenvalue weighted by Crippen LogP contribution is -2.37. The Balaban J connectivity index is 1.38. The van der Waals surface area contributed by atoms with Gasteiger partial charge in [-0.2, -0.15) is 0 Å². The van der Waals surface area contributed by atoms with Crippen molar-refractivity contribution < 1.29 is 28.7 Å². The van der Waals surface area contributed by atoms with Gasteiger partial charge in [-0.25, -0.2) is 0 Å². The fourth-order valence-electron chi connectivity index (χ4n) is 2.67. The van der Waals surface area contributed by atoms with E-state index in [4.69, 9.17) is 21.1 Å². The van der Waals surface area contributed by atoms with Crippen molar-refractivity contribution in [3.8, 4) is 5.75 Å². The number of Topliss-reactive ketones (excluding diaryl/α,β-unsaturated/α-hetero) is 1. The number of ketones is 1. The zero-order valence-electron chi connectivity index (χ0n) is 15.2.